The second-order valence-electron chi connectivity index (χ2n) is 4.49. The van der Waals surface area contributed by atoms with E-state index in [1.165, 1.54) is 0 Å². The molecule has 1 aromatic heterocycles. The Morgan fingerprint density at radius 3 is 2.94 bits per heavy atom. The summed E-state index contributed by atoms with van der Waals surface area (Å²) in [4.78, 5) is 6.43. The van der Waals surface area contributed by atoms with E-state index >= 15 is 0 Å². The number of amidine groups is 1. The molecule has 1 saturated heterocycles. The molecule has 18 heavy (non-hydrogen) atoms. The van der Waals surface area contributed by atoms with Crippen LogP contribution in [0.2, 0.25) is 0 Å². The Labute approximate surface area is 107 Å². The van der Waals surface area contributed by atoms with Gasteiger partial charge in [-0.15, -0.1) is 0 Å². The van der Waals surface area contributed by atoms with Gasteiger partial charge in [-0.25, -0.2) is 0 Å². The average molecular weight is 248 g/mol. The third kappa shape index (κ3) is 2.98. The van der Waals surface area contributed by atoms with Crippen LogP contribution in [-0.2, 0) is 4.74 Å². The van der Waals surface area contributed by atoms with Gasteiger partial charge in [0.05, 0.1) is 18.0 Å². The zero-order valence-corrected chi connectivity index (χ0v) is 10.7. The molecule has 0 aromatic carbocycles. The summed E-state index contributed by atoms with van der Waals surface area (Å²) in [7, 11) is 0. The summed E-state index contributed by atoms with van der Waals surface area (Å²) in [5, 5.41) is 7.32. The molecule has 1 fully saturated rings. The molecule has 0 spiro atoms. The van der Waals surface area contributed by atoms with Crippen molar-refractivity contribution in [3.8, 4) is 0 Å². The highest BCUT2D eigenvalue weighted by Gasteiger charge is 2.18. The van der Waals surface area contributed by atoms with Gasteiger partial charge < -0.3 is 15.4 Å². The van der Waals surface area contributed by atoms with Gasteiger partial charge in [0.1, 0.15) is 11.5 Å². The molecule has 0 saturated carbocycles. The van der Waals surface area contributed by atoms with Crippen molar-refractivity contribution in [3.05, 3.63) is 24.0 Å². The summed E-state index contributed by atoms with van der Waals surface area (Å²) in [5.41, 5.74) is 6.97. The lowest BCUT2D eigenvalue weighted by atomic mass is 10.2. The number of nitrogens with zero attached hydrogens (tertiary/aromatic N) is 2. The minimum absolute atomic E-state index is 0.00345. The number of hydrogen-bond donors (Lipinski definition) is 2. The predicted octanol–water partition coefficient (Wildman–Crippen LogP) is 1.37. The zero-order valence-electron chi connectivity index (χ0n) is 10.7. The molecule has 1 aliphatic heterocycles. The van der Waals surface area contributed by atoms with Crippen molar-refractivity contribution in [2.75, 3.05) is 24.6 Å². The first-order chi connectivity index (χ1) is 8.70. The van der Waals surface area contributed by atoms with Gasteiger partial charge >= 0.3 is 0 Å². The Hall–Kier alpha value is -1.62. The standard InChI is InChI=1S/C13H20N4O/c1-2-17(9-11-4-3-7-18-11)10-5-6-12(13(14)15)16-8-10/h5-6,8,11H,2-4,7,9H2,1H3,(H3,14,15). The number of nitrogen functional groups attached to an aromatic ring is 1. The molecule has 1 unspecified atom stereocenters. The average Bonchev–Trinajstić information content (AvgIpc) is 2.89. The van der Waals surface area contributed by atoms with Gasteiger partial charge in [0, 0.05) is 19.7 Å². The fourth-order valence-electron chi connectivity index (χ4n) is 2.18. The first-order valence-corrected chi connectivity index (χ1v) is 6.37. The Morgan fingerprint density at radius 2 is 2.44 bits per heavy atom. The fraction of sp³-hybridized carbons (Fsp3) is 0.538. The Balaban J connectivity index is 2.04. The van der Waals surface area contributed by atoms with Crippen molar-refractivity contribution in [2.45, 2.75) is 25.9 Å². The molecule has 2 heterocycles. The minimum Gasteiger partial charge on any atom is -0.382 e. The highest BCUT2D eigenvalue weighted by atomic mass is 16.5. The normalized spacial score (nSPS) is 18.8. The van der Waals surface area contributed by atoms with Gasteiger partial charge in [-0.05, 0) is 31.9 Å². The van der Waals surface area contributed by atoms with Crippen LogP contribution in [0.4, 0.5) is 5.69 Å². The summed E-state index contributed by atoms with van der Waals surface area (Å²) in [5.74, 6) is 0.00345. The topological polar surface area (TPSA) is 75.2 Å². The molecule has 98 valence electrons. The minimum atomic E-state index is 0.00345. The molecular formula is C13H20N4O. The molecule has 0 radical (unpaired) electrons. The summed E-state index contributed by atoms with van der Waals surface area (Å²) < 4.78 is 5.65. The molecule has 5 heteroatoms. The van der Waals surface area contributed by atoms with Gasteiger partial charge in [-0.2, -0.15) is 0 Å². The Bertz CT molecular complexity index is 398. The Morgan fingerprint density at radius 1 is 1.61 bits per heavy atom. The van der Waals surface area contributed by atoms with Crippen LogP contribution in [-0.4, -0.2) is 36.6 Å². The SMILES string of the molecule is CCN(CC1CCCO1)c1ccc(C(=N)N)nc1. The van der Waals surface area contributed by atoms with Crippen molar-refractivity contribution in [2.24, 2.45) is 5.73 Å². The van der Waals surface area contributed by atoms with E-state index in [2.05, 4.69) is 16.8 Å². The number of pyridine rings is 1. The van der Waals surface area contributed by atoms with E-state index in [1.807, 2.05) is 6.07 Å². The lowest BCUT2D eigenvalue weighted by molar-refractivity contribution is 0.115. The number of hydrogen-bond acceptors (Lipinski definition) is 4. The molecular weight excluding hydrogens is 228 g/mol. The van der Waals surface area contributed by atoms with E-state index in [-0.39, 0.29) is 5.84 Å². The molecule has 1 atom stereocenters. The first kappa shape index (κ1) is 12.8. The molecule has 1 aromatic rings. The highest BCUT2D eigenvalue weighted by molar-refractivity contribution is 5.93. The molecule has 0 bridgehead atoms. The van der Waals surface area contributed by atoms with E-state index in [9.17, 15) is 0 Å². The highest BCUT2D eigenvalue weighted by Crippen LogP contribution is 2.18. The van der Waals surface area contributed by atoms with Gasteiger partial charge in [0.25, 0.3) is 0 Å². The van der Waals surface area contributed by atoms with Gasteiger partial charge in [0.15, 0.2) is 0 Å². The maximum absolute atomic E-state index is 7.32. The molecule has 3 N–H and O–H groups in total. The zero-order chi connectivity index (χ0) is 13.0. The largest absolute Gasteiger partial charge is 0.382 e. The maximum Gasteiger partial charge on any atom is 0.141 e. The molecule has 1 aliphatic rings. The van der Waals surface area contributed by atoms with Crippen molar-refractivity contribution in [1.29, 1.82) is 5.41 Å². The predicted molar refractivity (Wildman–Crippen MR) is 72.1 cm³/mol. The number of ether oxygens (including phenoxy) is 1. The van der Waals surface area contributed by atoms with Gasteiger partial charge in [0.2, 0.25) is 0 Å². The quantitative estimate of drug-likeness (QED) is 0.609. The van der Waals surface area contributed by atoms with Crippen LogP contribution < -0.4 is 10.6 Å². The summed E-state index contributed by atoms with van der Waals surface area (Å²) >= 11 is 0. The molecule has 0 aliphatic carbocycles. The number of anilines is 1. The van der Waals surface area contributed by atoms with Crippen LogP contribution in [0.15, 0.2) is 18.3 Å². The third-order valence-corrected chi connectivity index (χ3v) is 3.22. The van der Waals surface area contributed by atoms with Crippen LogP contribution in [0.25, 0.3) is 0 Å². The third-order valence-electron chi connectivity index (χ3n) is 3.22. The van der Waals surface area contributed by atoms with Crippen molar-refractivity contribution < 1.29 is 4.74 Å². The van der Waals surface area contributed by atoms with Crippen LogP contribution in [0.5, 0.6) is 0 Å². The summed E-state index contributed by atoms with van der Waals surface area (Å²) in [6.07, 6.45) is 4.39. The number of likely N-dealkylation sites (N-methyl/N-ethyl adjacent to an activating group) is 1. The van der Waals surface area contributed by atoms with E-state index in [4.69, 9.17) is 15.9 Å². The molecule has 5 nitrogen and oxygen atoms in total. The van der Waals surface area contributed by atoms with Crippen molar-refractivity contribution >= 4 is 11.5 Å². The van der Waals surface area contributed by atoms with E-state index in [1.54, 1.807) is 12.3 Å². The van der Waals surface area contributed by atoms with Crippen LogP contribution in [0.1, 0.15) is 25.5 Å². The summed E-state index contributed by atoms with van der Waals surface area (Å²) in [6.45, 7) is 4.82. The number of rotatable bonds is 5. The van der Waals surface area contributed by atoms with Gasteiger partial charge in [-0.3, -0.25) is 10.4 Å². The number of nitrogens with two attached hydrogens (primary N) is 1. The van der Waals surface area contributed by atoms with Crippen molar-refractivity contribution in [1.82, 2.24) is 4.98 Å². The lowest BCUT2D eigenvalue weighted by Gasteiger charge is -2.25. The maximum atomic E-state index is 7.32. The van der Waals surface area contributed by atoms with Crippen LogP contribution in [0.3, 0.4) is 0 Å². The summed E-state index contributed by atoms with van der Waals surface area (Å²) in [6, 6.07) is 3.75. The van der Waals surface area contributed by atoms with E-state index < -0.39 is 0 Å². The van der Waals surface area contributed by atoms with Gasteiger partial charge in [-0.1, -0.05) is 0 Å². The van der Waals surface area contributed by atoms with Crippen LogP contribution in [0, 0.1) is 5.41 Å². The van der Waals surface area contributed by atoms with E-state index in [0.717, 1.165) is 38.2 Å². The van der Waals surface area contributed by atoms with E-state index in [0.29, 0.717) is 11.8 Å². The van der Waals surface area contributed by atoms with Crippen molar-refractivity contribution in [3.63, 3.8) is 0 Å². The lowest BCUT2D eigenvalue weighted by Crippen LogP contribution is -2.32. The van der Waals surface area contributed by atoms with Crippen LogP contribution >= 0.6 is 0 Å². The Kier molecular flexibility index (Phi) is 4.15. The molecule has 0 amide bonds. The number of aromatic nitrogens is 1. The second-order valence-corrected chi connectivity index (χ2v) is 4.49. The second kappa shape index (κ2) is 5.82. The first-order valence-electron chi connectivity index (χ1n) is 6.37. The monoisotopic (exact) mass is 248 g/mol. The molecule has 2 rings (SSSR count). The fourth-order valence-corrected chi connectivity index (χ4v) is 2.18. The number of nitrogens with one attached hydrogen (secondary N) is 1. The smallest absolute Gasteiger partial charge is 0.141 e.